The number of nitrogens with one attached hydrogen (secondary N) is 1. The highest BCUT2D eigenvalue weighted by atomic mass is 79.9. The Kier molecular flexibility index (Phi) is 7.25. The largest absolute Gasteiger partial charge is 0.380 e. The summed E-state index contributed by atoms with van der Waals surface area (Å²) >= 11 is 3.36. The van der Waals surface area contributed by atoms with Gasteiger partial charge in [-0.15, -0.1) is 0 Å². The van der Waals surface area contributed by atoms with Gasteiger partial charge in [0.25, 0.3) is 10.0 Å². The second-order valence-corrected chi connectivity index (χ2v) is 9.26. The lowest BCUT2D eigenvalue weighted by Crippen LogP contribution is -2.38. The first kappa shape index (κ1) is 22.0. The molecular formula is C22H21BrN2O4S. The summed E-state index contributed by atoms with van der Waals surface area (Å²) in [5.74, 6) is -0.455. The fourth-order valence-electron chi connectivity index (χ4n) is 2.90. The fourth-order valence-corrected chi connectivity index (χ4v) is 4.72. The van der Waals surface area contributed by atoms with Crippen LogP contribution < -0.4 is 9.62 Å². The van der Waals surface area contributed by atoms with Crippen LogP contribution in [-0.2, 0) is 26.2 Å². The molecule has 0 radical (unpaired) electrons. The summed E-state index contributed by atoms with van der Waals surface area (Å²) in [4.78, 5) is 12.9. The summed E-state index contributed by atoms with van der Waals surface area (Å²) in [7, 11) is -2.35. The lowest BCUT2D eigenvalue weighted by Gasteiger charge is -2.24. The molecule has 0 atom stereocenters. The minimum Gasteiger partial charge on any atom is -0.380 e. The van der Waals surface area contributed by atoms with Crippen LogP contribution in [0, 0.1) is 0 Å². The molecule has 0 heterocycles. The van der Waals surface area contributed by atoms with Gasteiger partial charge in [-0.1, -0.05) is 52.3 Å². The lowest BCUT2D eigenvalue weighted by molar-refractivity contribution is -0.114. The molecule has 0 aliphatic heterocycles. The summed E-state index contributed by atoms with van der Waals surface area (Å²) in [5.41, 5.74) is 1.86. The van der Waals surface area contributed by atoms with E-state index in [1.807, 2.05) is 6.07 Å². The van der Waals surface area contributed by atoms with Crippen molar-refractivity contribution in [1.82, 2.24) is 0 Å². The SMILES string of the molecule is COCc1cccc(NC(=O)CN(c2cccc(Br)c2)S(=O)(=O)c2ccccc2)c1. The summed E-state index contributed by atoms with van der Waals surface area (Å²) < 4.78 is 33.5. The molecule has 0 aliphatic carbocycles. The number of anilines is 2. The average molecular weight is 489 g/mol. The Labute approximate surface area is 184 Å². The van der Waals surface area contributed by atoms with Gasteiger partial charge in [-0.3, -0.25) is 9.10 Å². The molecule has 0 bridgehead atoms. The van der Waals surface area contributed by atoms with Crippen LogP contribution >= 0.6 is 15.9 Å². The highest BCUT2D eigenvalue weighted by Gasteiger charge is 2.27. The zero-order chi connectivity index (χ0) is 21.6. The smallest absolute Gasteiger partial charge is 0.264 e. The Bertz CT molecular complexity index is 1120. The maximum atomic E-state index is 13.3. The number of halogens is 1. The van der Waals surface area contributed by atoms with Crippen molar-refractivity contribution in [2.75, 3.05) is 23.3 Å². The van der Waals surface area contributed by atoms with Gasteiger partial charge in [0, 0.05) is 17.3 Å². The van der Waals surface area contributed by atoms with Gasteiger partial charge < -0.3 is 10.1 Å². The Balaban J connectivity index is 1.89. The Morgan fingerprint density at radius 3 is 2.43 bits per heavy atom. The molecule has 8 heteroatoms. The van der Waals surface area contributed by atoms with Gasteiger partial charge in [-0.25, -0.2) is 8.42 Å². The van der Waals surface area contributed by atoms with Crippen LogP contribution in [0.3, 0.4) is 0 Å². The Morgan fingerprint density at radius 1 is 1.00 bits per heavy atom. The van der Waals surface area contributed by atoms with Crippen molar-refractivity contribution < 1.29 is 17.9 Å². The van der Waals surface area contributed by atoms with Crippen molar-refractivity contribution in [2.24, 2.45) is 0 Å². The van der Waals surface area contributed by atoms with E-state index in [2.05, 4.69) is 21.2 Å². The van der Waals surface area contributed by atoms with Gasteiger partial charge >= 0.3 is 0 Å². The summed E-state index contributed by atoms with van der Waals surface area (Å²) in [5, 5.41) is 2.77. The predicted octanol–water partition coefficient (Wildman–Crippen LogP) is 4.43. The normalized spacial score (nSPS) is 11.1. The van der Waals surface area contributed by atoms with E-state index in [0.29, 0.717) is 22.5 Å². The number of carbonyl (C=O) groups excluding carboxylic acids is 1. The minimum atomic E-state index is -3.94. The van der Waals surface area contributed by atoms with Crippen LogP contribution in [0.25, 0.3) is 0 Å². The number of hydrogen-bond acceptors (Lipinski definition) is 4. The first-order chi connectivity index (χ1) is 14.4. The lowest BCUT2D eigenvalue weighted by atomic mass is 10.2. The number of benzene rings is 3. The molecule has 0 saturated heterocycles. The van der Waals surface area contributed by atoms with E-state index in [4.69, 9.17) is 4.74 Å². The van der Waals surface area contributed by atoms with Crippen LogP contribution in [0.1, 0.15) is 5.56 Å². The van der Waals surface area contributed by atoms with E-state index < -0.39 is 15.9 Å². The molecule has 0 spiro atoms. The number of nitrogens with zero attached hydrogens (tertiary/aromatic N) is 1. The molecule has 0 aliphatic rings. The molecule has 0 unspecified atom stereocenters. The molecule has 3 aromatic rings. The third-order valence-corrected chi connectivity index (χ3v) is 6.52. The Morgan fingerprint density at radius 2 is 1.73 bits per heavy atom. The second kappa shape index (κ2) is 9.88. The van der Waals surface area contributed by atoms with Crippen molar-refractivity contribution >= 4 is 43.2 Å². The van der Waals surface area contributed by atoms with E-state index in [1.165, 1.54) is 12.1 Å². The molecular weight excluding hydrogens is 468 g/mol. The van der Waals surface area contributed by atoms with Crippen LogP contribution in [0.5, 0.6) is 0 Å². The van der Waals surface area contributed by atoms with Crippen LogP contribution in [0.15, 0.2) is 88.2 Å². The Hall–Kier alpha value is -2.68. The highest BCUT2D eigenvalue weighted by Crippen LogP contribution is 2.26. The van der Waals surface area contributed by atoms with Gasteiger partial charge in [0.05, 0.1) is 17.2 Å². The number of ether oxygens (including phenoxy) is 1. The molecule has 1 amide bonds. The zero-order valence-electron chi connectivity index (χ0n) is 16.3. The third kappa shape index (κ3) is 5.47. The van der Waals surface area contributed by atoms with Gasteiger partial charge in [0.15, 0.2) is 0 Å². The molecule has 0 fully saturated rings. The molecule has 3 rings (SSSR count). The number of rotatable bonds is 8. The topological polar surface area (TPSA) is 75.7 Å². The summed E-state index contributed by atoms with van der Waals surface area (Å²) in [6, 6.07) is 22.1. The maximum Gasteiger partial charge on any atom is 0.264 e. The van der Waals surface area contributed by atoms with Crippen molar-refractivity contribution in [3.05, 3.63) is 88.9 Å². The molecule has 30 heavy (non-hydrogen) atoms. The maximum absolute atomic E-state index is 13.3. The number of carbonyl (C=O) groups is 1. The molecule has 0 saturated carbocycles. The van der Waals surface area contributed by atoms with E-state index in [9.17, 15) is 13.2 Å². The third-order valence-electron chi connectivity index (χ3n) is 4.24. The van der Waals surface area contributed by atoms with E-state index in [-0.39, 0.29) is 11.4 Å². The van der Waals surface area contributed by atoms with E-state index in [1.54, 1.807) is 67.8 Å². The van der Waals surface area contributed by atoms with Crippen LogP contribution in [-0.4, -0.2) is 28.0 Å². The molecule has 156 valence electrons. The minimum absolute atomic E-state index is 0.111. The quantitative estimate of drug-likeness (QED) is 0.508. The highest BCUT2D eigenvalue weighted by molar-refractivity contribution is 9.10. The van der Waals surface area contributed by atoms with Gasteiger partial charge in [0.2, 0.25) is 5.91 Å². The summed E-state index contributed by atoms with van der Waals surface area (Å²) in [6.07, 6.45) is 0. The van der Waals surface area contributed by atoms with Gasteiger partial charge in [-0.2, -0.15) is 0 Å². The van der Waals surface area contributed by atoms with Crippen LogP contribution in [0.2, 0.25) is 0 Å². The first-order valence-corrected chi connectivity index (χ1v) is 11.3. The van der Waals surface area contributed by atoms with Crippen molar-refractivity contribution in [3.8, 4) is 0 Å². The first-order valence-electron chi connectivity index (χ1n) is 9.11. The number of hydrogen-bond donors (Lipinski definition) is 1. The van der Waals surface area contributed by atoms with Gasteiger partial charge in [0.1, 0.15) is 6.54 Å². The van der Waals surface area contributed by atoms with Crippen molar-refractivity contribution in [1.29, 1.82) is 0 Å². The number of methoxy groups -OCH3 is 1. The van der Waals surface area contributed by atoms with Crippen molar-refractivity contribution in [2.45, 2.75) is 11.5 Å². The monoisotopic (exact) mass is 488 g/mol. The summed E-state index contributed by atoms with van der Waals surface area (Å²) in [6.45, 7) is 0.0401. The molecule has 6 nitrogen and oxygen atoms in total. The van der Waals surface area contributed by atoms with E-state index in [0.717, 1.165) is 9.87 Å². The zero-order valence-corrected chi connectivity index (χ0v) is 18.7. The molecule has 1 N–H and O–H groups in total. The van der Waals surface area contributed by atoms with Crippen molar-refractivity contribution in [3.63, 3.8) is 0 Å². The standard InChI is InChI=1S/C22H21BrN2O4S/c1-29-16-17-7-5-9-19(13-17)24-22(26)15-25(20-10-6-8-18(23)14-20)30(27,28)21-11-3-2-4-12-21/h2-14H,15-16H2,1H3,(H,24,26). The second-order valence-electron chi connectivity index (χ2n) is 6.49. The molecule has 3 aromatic carbocycles. The number of sulfonamides is 1. The average Bonchev–Trinajstić information content (AvgIpc) is 2.73. The molecule has 0 aromatic heterocycles. The van der Waals surface area contributed by atoms with Crippen LogP contribution in [0.4, 0.5) is 11.4 Å². The van der Waals surface area contributed by atoms with E-state index >= 15 is 0 Å². The predicted molar refractivity (Wildman–Crippen MR) is 121 cm³/mol. The fraction of sp³-hybridized carbons (Fsp3) is 0.136. The van der Waals surface area contributed by atoms with Gasteiger partial charge in [-0.05, 0) is 48.0 Å². The number of amides is 1.